The zero-order valence-corrected chi connectivity index (χ0v) is 11.5. The summed E-state index contributed by atoms with van der Waals surface area (Å²) in [5, 5.41) is 3.27. The Balaban J connectivity index is 1.73. The first-order chi connectivity index (χ1) is 9.36. The van der Waals surface area contributed by atoms with Gasteiger partial charge in [-0.15, -0.1) is 0 Å². The number of fused-ring (bicyclic) bond motifs is 1. The third-order valence-corrected chi connectivity index (χ3v) is 3.87. The van der Waals surface area contributed by atoms with Crippen molar-refractivity contribution in [2.75, 3.05) is 44.8 Å². The average Bonchev–Trinajstić information content (AvgIpc) is 2.76. The van der Waals surface area contributed by atoms with Gasteiger partial charge in [-0.25, -0.2) is 0 Å². The summed E-state index contributed by atoms with van der Waals surface area (Å²) in [6.45, 7) is 4.85. The second kappa shape index (κ2) is 5.70. The summed E-state index contributed by atoms with van der Waals surface area (Å²) in [5.41, 5.74) is 1.25. The fraction of sp³-hybridized carbons (Fsp3) is 0.600. The first-order valence-corrected chi connectivity index (χ1v) is 7.16. The maximum Gasteiger partial charge on any atom is 0.163 e. The lowest BCUT2D eigenvalue weighted by atomic mass is 10.1. The first kappa shape index (κ1) is 12.6. The van der Waals surface area contributed by atoms with Crippen molar-refractivity contribution in [3.05, 3.63) is 18.2 Å². The summed E-state index contributed by atoms with van der Waals surface area (Å²) in [6, 6.07) is 6.32. The molecule has 2 aliphatic rings. The smallest absolute Gasteiger partial charge is 0.163 e. The highest BCUT2D eigenvalue weighted by Gasteiger charge is 2.23. The van der Waals surface area contributed by atoms with E-state index in [0.29, 0.717) is 0 Å². The fourth-order valence-corrected chi connectivity index (χ4v) is 2.87. The van der Waals surface area contributed by atoms with Gasteiger partial charge in [-0.2, -0.15) is 0 Å². The van der Waals surface area contributed by atoms with Gasteiger partial charge in [-0.05, 0) is 38.1 Å². The first-order valence-electron chi connectivity index (χ1n) is 7.16. The standard InChI is InChI=1S/C15H22N2O2/c1-16-10-12-5-6-17(11-12)13-3-4-14-15(9-13)19-8-2-7-18-14/h3-4,9,12,16H,2,5-8,10-11H2,1H3. The molecule has 0 amide bonds. The van der Waals surface area contributed by atoms with Crippen molar-refractivity contribution in [1.82, 2.24) is 5.32 Å². The van der Waals surface area contributed by atoms with Crippen LogP contribution in [-0.4, -0.2) is 39.9 Å². The molecule has 3 rings (SSSR count). The summed E-state index contributed by atoms with van der Waals surface area (Å²) in [7, 11) is 2.02. The Hall–Kier alpha value is -1.42. The second-order valence-corrected chi connectivity index (χ2v) is 5.34. The van der Waals surface area contributed by atoms with E-state index in [1.54, 1.807) is 0 Å². The summed E-state index contributed by atoms with van der Waals surface area (Å²) in [6.07, 6.45) is 2.22. The molecule has 1 saturated heterocycles. The lowest BCUT2D eigenvalue weighted by molar-refractivity contribution is 0.297. The maximum absolute atomic E-state index is 5.76. The van der Waals surface area contributed by atoms with Crippen LogP contribution in [-0.2, 0) is 0 Å². The Bertz CT molecular complexity index is 436. The van der Waals surface area contributed by atoms with Crippen molar-refractivity contribution in [3.63, 3.8) is 0 Å². The third kappa shape index (κ3) is 2.78. The minimum atomic E-state index is 0.749. The van der Waals surface area contributed by atoms with Gasteiger partial charge in [0.2, 0.25) is 0 Å². The molecule has 0 bridgehead atoms. The molecule has 1 atom stereocenters. The lowest BCUT2D eigenvalue weighted by Gasteiger charge is -2.20. The van der Waals surface area contributed by atoms with Crippen LogP contribution in [0.5, 0.6) is 11.5 Å². The van der Waals surface area contributed by atoms with Crippen LogP contribution in [0.4, 0.5) is 5.69 Å². The van der Waals surface area contributed by atoms with E-state index in [1.165, 1.54) is 12.1 Å². The molecule has 19 heavy (non-hydrogen) atoms. The Morgan fingerprint density at radius 1 is 1.26 bits per heavy atom. The Kier molecular flexibility index (Phi) is 3.78. The predicted molar refractivity (Wildman–Crippen MR) is 76.3 cm³/mol. The fourth-order valence-electron chi connectivity index (χ4n) is 2.87. The van der Waals surface area contributed by atoms with Gasteiger partial charge in [0.15, 0.2) is 11.5 Å². The molecule has 1 unspecified atom stereocenters. The van der Waals surface area contributed by atoms with Gasteiger partial charge in [0.05, 0.1) is 13.2 Å². The maximum atomic E-state index is 5.76. The second-order valence-electron chi connectivity index (χ2n) is 5.34. The molecule has 0 saturated carbocycles. The minimum Gasteiger partial charge on any atom is -0.490 e. The van der Waals surface area contributed by atoms with Gasteiger partial charge in [-0.3, -0.25) is 0 Å². The third-order valence-electron chi connectivity index (χ3n) is 3.87. The quantitative estimate of drug-likeness (QED) is 0.902. The predicted octanol–water partition coefficient (Wildman–Crippen LogP) is 1.89. The SMILES string of the molecule is CNCC1CCN(c2ccc3c(c2)OCCCO3)C1. The Morgan fingerprint density at radius 2 is 2.11 bits per heavy atom. The highest BCUT2D eigenvalue weighted by atomic mass is 16.5. The molecule has 1 aromatic carbocycles. The van der Waals surface area contributed by atoms with Crippen LogP contribution >= 0.6 is 0 Å². The molecule has 0 spiro atoms. The van der Waals surface area contributed by atoms with E-state index in [1.807, 2.05) is 13.1 Å². The van der Waals surface area contributed by atoms with Gasteiger partial charge in [0.25, 0.3) is 0 Å². The zero-order chi connectivity index (χ0) is 13.1. The number of benzene rings is 1. The molecule has 1 fully saturated rings. The molecule has 4 nitrogen and oxygen atoms in total. The largest absolute Gasteiger partial charge is 0.490 e. The molecule has 104 valence electrons. The lowest BCUT2D eigenvalue weighted by Crippen LogP contribution is -2.24. The van der Waals surface area contributed by atoms with Crippen LogP contribution in [0.25, 0.3) is 0 Å². The zero-order valence-electron chi connectivity index (χ0n) is 11.5. The van der Waals surface area contributed by atoms with Crippen molar-refractivity contribution in [2.24, 2.45) is 5.92 Å². The van der Waals surface area contributed by atoms with Crippen molar-refractivity contribution in [3.8, 4) is 11.5 Å². The van der Waals surface area contributed by atoms with E-state index >= 15 is 0 Å². The minimum absolute atomic E-state index is 0.749. The summed E-state index contributed by atoms with van der Waals surface area (Å²) >= 11 is 0. The Morgan fingerprint density at radius 3 is 2.95 bits per heavy atom. The van der Waals surface area contributed by atoms with E-state index in [0.717, 1.165) is 56.7 Å². The number of rotatable bonds is 3. The number of nitrogens with zero attached hydrogens (tertiary/aromatic N) is 1. The molecule has 0 aliphatic carbocycles. The molecule has 0 radical (unpaired) electrons. The van der Waals surface area contributed by atoms with Gasteiger partial charge in [-0.1, -0.05) is 0 Å². The number of hydrogen-bond donors (Lipinski definition) is 1. The van der Waals surface area contributed by atoms with Crippen molar-refractivity contribution >= 4 is 5.69 Å². The highest BCUT2D eigenvalue weighted by Crippen LogP contribution is 2.35. The topological polar surface area (TPSA) is 33.7 Å². The van der Waals surface area contributed by atoms with Gasteiger partial charge < -0.3 is 19.7 Å². The number of ether oxygens (including phenoxy) is 2. The summed E-state index contributed by atoms with van der Waals surface area (Å²) in [5.74, 6) is 2.53. The van der Waals surface area contributed by atoms with Gasteiger partial charge in [0, 0.05) is 31.3 Å². The Labute approximate surface area is 114 Å². The van der Waals surface area contributed by atoms with E-state index in [9.17, 15) is 0 Å². The van der Waals surface area contributed by atoms with E-state index in [4.69, 9.17) is 9.47 Å². The molecular formula is C15H22N2O2. The highest BCUT2D eigenvalue weighted by molar-refractivity contribution is 5.57. The van der Waals surface area contributed by atoms with Crippen molar-refractivity contribution in [1.29, 1.82) is 0 Å². The van der Waals surface area contributed by atoms with E-state index in [2.05, 4.69) is 22.3 Å². The van der Waals surface area contributed by atoms with Crippen LogP contribution in [0.2, 0.25) is 0 Å². The van der Waals surface area contributed by atoms with Crippen LogP contribution < -0.4 is 19.7 Å². The van der Waals surface area contributed by atoms with Gasteiger partial charge in [0.1, 0.15) is 0 Å². The molecule has 1 aromatic rings. The van der Waals surface area contributed by atoms with Crippen molar-refractivity contribution in [2.45, 2.75) is 12.8 Å². The summed E-state index contributed by atoms with van der Waals surface area (Å²) < 4.78 is 11.4. The molecular weight excluding hydrogens is 240 g/mol. The van der Waals surface area contributed by atoms with Crippen molar-refractivity contribution < 1.29 is 9.47 Å². The molecule has 1 N–H and O–H groups in total. The molecule has 0 aromatic heterocycles. The number of hydrogen-bond acceptors (Lipinski definition) is 4. The van der Waals surface area contributed by atoms with Crippen LogP contribution in [0, 0.1) is 5.92 Å². The van der Waals surface area contributed by atoms with Crippen LogP contribution in [0.3, 0.4) is 0 Å². The molecule has 4 heteroatoms. The van der Waals surface area contributed by atoms with Gasteiger partial charge >= 0.3 is 0 Å². The van der Waals surface area contributed by atoms with E-state index < -0.39 is 0 Å². The molecule has 2 heterocycles. The normalized spacial score (nSPS) is 22.4. The average molecular weight is 262 g/mol. The summed E-state index contributed by atoms with van der Waals surface area (Å²) in [4.78, 5) is 2.44. The number of nitrogens with one attached hydrogen (secondary N) is 1. The molecule has 2 aliphatic heterocycles. The van der Waals surface area contributed by atoms with Crippen LogP contribution in [0.1, 0.15) is 12.8 Å². The number of anilines is 1. The monoisotopic (exact) mass is 262 g/mol. The van der Waals surface area contributed by atoms with E-state index in [-0.39, 0.29) is 0 Å². The van der Waals surface area contributed by atoms with Crippen LogP contribution in [0.15, 0.2) is 18.2 Å².